The molecule has 0 unspecified atom stereocenters. The normalized spacial score (nSPS) is 10.4. The van der Waals surface area contributed by atoms with E-state index in [1.54, 1.807) is 18.2 Å². The number of aliphatic hydroxyl groups excluding tert-OH is 1. The van der Waals surface area contributed by atoms with Gasteiger partial charge in [-0.15, -0.1) is 0 Å². The predicted molar refractivity (Wildman–Crippen MR) is 60.1 cm³/mol. The molecule has 1 aromatic rings. The van der Waals surface area contributed by atoms with E-state index in [9.17, 15) is 4.79 Å². The number of esters is 1. The number of ether oxygens (including phenoxy) is 2. The Balaban J connectivity index is 2.66. The first-order valence-corrected chi connectivity index (χ1v) is 4.86. The van der Waals surface area contributed by atoms with Gasteiger partial charge in [-0.1, -0.05) is 12.1 Å². The highest BCUT2D eigenvalue weighted by Gasteiger charge is 1.95. The molecule has 0 bridgehead atoms. The van der Waals surface area contributed by atoms with Gasteiger partial charge in [0.15, 0.2) is 0 Å². The summed E-state index contributed by atoms with van der Waals surface area (Å²) in [6.07, 6.45) is 2.97. The van der Waals surface area contributed by atoms with E-state index < -0.39 is 5.97 Å². The largest absolute Gasteiger partial charge is 0.491 e. The highest BCUT2D eigenvalue weighted by molar-refractivity contribution is 5.86. The minimum Gasteiger partial charge on any atom is -0.491 e. The van der Waals surface area contributed by atoms with E-state index in [4.69, 9.17) is 9.84 Å². The second kappa shape index (κ2) is 6.63. The van der Waals surface area contributed by atoms with Crippen molar-refractivity contribution in [3.05, 3.63) is 35.9 Å². The van der Waals surface area contributed by atoms with Crippen molar-refractivity contribution in [3.63, 3.8) is 0 Å². The van der Waals surface area contributed by atoms with E-state index in [2.05, 4.69) is 4.74 Å². The summed E-state index contributed by atoms with van der Waals surface area (Å²) in [5.74, 6) is 0.253. The van der Waals surface area contributed by atoms with Crippen molar-refractivity contribution in [3.8, 4) is 5.75 Å². The molecule has 1 N–H and O–H groups in total. The number of hydrogen-bond acceptors (Lipinski definition) is 4. The summed E-state index contributed by atoms with van der Waals surface area (Å²) < 4.78 is 9.71. The van der Waals surface area contributed by atoms with Gasteiger partial charge in [-0.05, 0) is 23.8 Å². The quantitative estimate of drug-likeness (QED) is 0.601. The molecule has 0 spiro atoms. The first-order valence-electron chi connectivity index (χ1n) is 4.86. The van der Waals surface area contributed by atoms with Crippen LogP contribution >= 0.6 is 0 Å². The molecular weight excluding hydrogens is 208 g/mol. The Morgan fingerprint density at radius 1 is 1.50 bits per heavy atom. The van der Waals surface area contributed by atoms with Crippen LogP contribution in [-0.2, 0) is 9.53 Å². The molecule has 4 nitrogen and oxygen atoms in total. The lowest BCUT2D eigenvalue weighted by molar-refractivity contribution is -0.134. The van der Waals surface area contributed by atoms with E-state index in [0.29, 0.717) is 5.75 Å². The average molecular weight is 222 g/mol. The van der Waals surface area contributed by atoms with Crippen LogP contribution in [0.4, 0.5) is 0 Å². The lowest BCUT2D eigenvalue weighted by Gasteiger charge is -2.04. The molecular formula is C12H14O4. The fraction of sp³-hybridized carbons (Fsp3) is 0.250. The van der Waals surface area contributed by atoms with Gasteiger partial charge < -0.3 is 14.6 Å². The van der Waals surface area contributed by atoms with Crippen molar-refractivity contribution in [1.82, 2.24) is 0 Å². The molecule has 4 heteroatoms. The maximum atomic E-state index is 10.9. The van der Waals surface area contributed by atoms with Gasteiger partial charge in [-0.3, -0.25) is 0 Å². The SMILES string of the molecule is COC(=O)C=Cc1cccc(OCCO)c1. The molecule has 0 aliphatic rings. The predicted octanol–water partition coefficient (Wildman–Crippen LogP) is 1.24. The number of carbonyl (C=O) groups excluding carboxylic acids is 1. The molecule has 86 valence electrons. The van der Waals surface area contributed by atoms with Crippen LogP contribution in [0.1, 0.15) is 5.56 Å². The summed E-state index contributed by atoms with van der Waals surface area (Å²) in [4.78, 5) is 10.9. The smallest absolute Gasteiger partial charge is 0.330 e. The Morgan fingerprint density at radius 3 is 3.00 bits per heavy atom. The minimum absolute atomic E-state index is 0.0256. The van der Waals surface area contributed by atoms with Gasteiger partial charge in [0.25, 0.3) is 0 Å². The van der Waals surface area contributed by atoms with Crippen molar-refractivity contribution in [1.29, 1.82) is 0 Å². The first-order chi connectivity index (χ1) is 7.76. The van der Waals surface area contributed by atoms with Gasteiger partial charge in [0.2, 0.25) is 0 Å². The fourth-order valence-corrected chi connectivity index (χ4v) is 1.10. The summed E-state index contributed by atoms with van der Waals surface area (Å²) in [5.41, 5.74) is 0.834. The number of methoxy groups -OCH3 is 1. The zero-order chi connectivity index (χ0) is 11.8. The van der Waals surface area contributed by atoms with Crippen LogP contribution in [0.2, 0.25) is 0 Å². The number of hydrogen-bond donors (Lipinski definition) is 1. The van der Waals surface area contributed by atoms with Crippen molar-refractivity contribution < 1.29 is 19.4 Å². The Bertz CT molecular complexity index is 371. The molecule has 0 saturated carbocycles. The van der Waals surface area contributed by atoms with Crippen LogP contribution in [0.15, 0.2) is 30.3 Å². The molecule has 0 fully saturated rings. The third-order valence-corrected chi connectivity index (χ3v) is 1.83. The van der Waals surface area contributed by atoms with E-state index in [0.717, 1.165) is 5.56 Å². The van der Waals surface area contributed by atoms with E-state index in [1.165, 1.54) is 13.2 Å². The monoisotopic (exact) mass is 222 g/mol. The molecule has 0 amide bonds. The zero-order valence-electron chi connectivity index (χ0n) is 9.05. The third kappa shape index (κ3) is 4.14. The van der Waals surface area contributed by atoms with Crippen LogP contribution in [-0.4, -0.2) is 31.4 Å². The number of rotatable bonds is 5. The third-order valence-electron chi connectivity index (χ3n) is 1.83. The first kappa shape index (κ1) is 12.3. The summed E-state index contributed by atoms with van der Waals surface area (Å²) in [7, 11) is 1.33. The maximum Gasteiger partial charge on any atom is 0.330 e. The van der Waals surface area contributed by atoms with Crippen molar-refractivity contribution >= 4 is 12.0 Å². The van der Waals surface area contributed by atoms with E-state index in [1.807, 2.05) is 12.1 Å². The van der Waals surface area contributed by atoms with Gasteiger partial charge in [0.05, 0.1) is 13.7 Å². The highest BCUT2D eigenvalue weighted by Crippen LogP contribution is 2.14. The van der Waals surface area contributed by atoms with Crippen LogP contribution < -0.4 is 4.74 Å². The molecule has 0 aliphatic heterocycles. The Hall–Kier alpha value is -1.81. The molecule has 16 heavy (non-hydrogen) atoms. The van der Waals surface area contributed by atoms with E-state index in [-0.39, 0.29) is 13.2 Å². The van der Waals surface area contributed by atoms with Crippen LogP contribution in [0, 0.1) is 0 Å². The van der Waals surface area contributed by atoms with Gasteiger partial charge >= 0.3 is 5.97 Å². The van der Waals surface area contributed by atoms with Crippen molar-refractivity contribution in [2.75, 3.05) is 20.3 Å². The molecule has 0 heterocycles. The second-order valence-corrected chi connectivity index (χ2v) is 3.00. The lowest BCUT2D eigenvalue weighted by atomic mass is 10.2. The summed E-state index contributed by atoms with van der Waals surface area (Å²) in [6, 6.07) is 7.20. The summed E-state index contributed by atoms with van der Waals surface area (Å²) in [5, 5.41) is 8.60. The Morgan fingerprint density at radius 2 is 2.31 bits per heavy atom. The molecule has 0 atom stereocenters. The van der Waals surface area contributed by atoms with Crippen molar-refractivity contribution in [2.45, 2.75) is 0 Å². The zero-order valence-corrected chi connectivity index (χ0v) is 9.05. The second-order valence-electron chi connectivity index (χ2n) is 3.00. The Kier molecular flexibility index (Phi) is 5.08. The minimum atomic E-state index is -0.401. The topological polar surface area (TPSA) is 55.8 Å². The van der Waals surface area contributed by atoms with Gasteiger partial charge in [-0.25, -0.2) is 4.79 Å². The lowest BCUT2D eigenvalue weighted by Crippen LogP contribution is -2.01. The average Bonchev–Trinajstić information content (AvgIpc) is 2.34. The standard InChI is InChI=1S/C12H14O4/c1-15-12(14)6-5-10-3-2-4-11(9-10)16-8-7-13/h2-6,9,13H,7-8H2,1H3. The van der Waals surface area contributed by atoms with Crippen LogP contribution in [0.3, 0.4) is 0 Å². The Labute approximate surface area is 94.1 Å². The number of aliphatic hydroxyl groups is 1. The van der Waals surface area contributed by atoms with Crippen molar-refractivity contribution in [2.24, 2.45) is 0 Å². The van der Waals surface area contributed by atoms with Gasteiger partial charge in [0, 0.05) is 6.08 Å². The highest BCUT2D eigenvalue weighted by atomic mass is 16.5. The summed E-state index contributed by atoms with van der Waals surface area (Å²) >= 11 is 0. The van der Waals surface area contributed by atoms with Crippen LogP contribution in [0.25, 0.3) is 6.08 Å². The molecule has 0 aromatic heterocycles. The number of benzene rings is 1. The molecule has 0 aliphatic carbocycles. The van der Waals surface area contributed by atoms with Gasteiger partial charge in [-0.2, -0.15) is 0 Å². The van der Waals surface area contributed by atoms with E-state index >= 15 is 0 Å². The fourth-order valence-electron chi connectivity index (χ4n) is 1.10. The molecule has 1 rings (SSSR count). The molecule has 0 radical (unpaired) electrons. The maximum absolute atomic E-state index is 10.9. The summed E-state index contributed by atoms with van der Waals surface area (Å²) in [6.45, 7) is 0.229. The molecule has 1 aromatic carbocycles. The van der Waals surface area contributed by atoms with Crippen LogP contribution in [0.5, 0.6) is 5.75 Å². The number of carbonyl (C=O) groups is 1. The van der Waals surface area contributed by atoms with Gasteiger partial charge in [0.1, 0.15) is 12.4 Å². The molecule has 0 saturated heterocycles.